The van der Waals surface area contributed by atoms with Crippen LogP contribution in [0.4, 0.5) is 5.69 Å². The quantitative estimate of drug-likeness (QED) is 0.180. The van der Waals surface area contributed by atoms with Crippen molar-refractivity contribution in [3.8, 4) is 0 Å². The highest BCUT2D eigenvalue weighted by molar-refractivity contribution is 7.90. The van der Waals surface area contributed by atoms with E-state index >= 15 is 0 Å². The van der Waals surface area contributed by atoms with Gasteiger partial charge in [0.2, 0.25) is 5.91 Å². The molecule has 3 rings (SSSR count). The number of unbranched alkanes of at least 4 members (excludes halogenated alkanes) is 1. The van der Waals surface area contributed by atoms with Crippen LogP contribution in [0.15, 0.2) is 46.3 Å². The van der Waals surface area contributed by atoms with Crippen molar-refractivity contribution in [2.45, 2.75) is 30.2 Å². The molecule has 1 amide bonds. The molecule has 2 aromatic rings. The summed E-state index contributed by atoms with van der Waals surface area (Å²) in [7, 11) is 0.601. The Kier molecular flexibility index (Phi) is 7.11. The molecule has 1 fully saturated rings. The zero-order valence-corrected chi connectivity index (χ0v) is 19.7. The second-order valence-electron chi connectivity index (χ2n) is 8.04. The second-order valence-corrected chi connectivity index (χ2v) is 9.82. The molecule has 33 heavy (non-hydrogen) atoms. The predicted octanol–water partition coefficient (Wildman–Crippen LogP) is 1.04. The molecule has 0 aliphatic carbocycles. The number of guanidine groups is 1. The lowest BCUT2D eigenvalue weighted by molar-refractivity contribution is -0.165. The van der Waals surface area contributed by atoms with E-state index in [1.54, 1.807) is 18.2 Å². The summed E-state index contributed by atoms with van der Waals surface area (Å²) in [5.41, 5.74) is 11.4. The predicted molar refractivity (Wildman–Crippen MR) is 126 cm³/mol. The molecular weight excluding hydrogens is 446 g/mol. The number of hydrogen-bond donors (Lipinski definition) is 2. The highest BCUT2D eigenvalue weighted by atomic mass is 32.2. The summed E-state index contributed by atoms with van der Waals surface area (Å²) in [6, 6.07) is 9.01. The van der Waals surface area contributed by atoms with E-state index in [0.717, 1.165) is 11.1 Å². The minimum absolute atomic E-state index is 0.0214. The number of sulfonamides is 1. The van der Waals surface area contributed by atoms with Crippen LogP contribution in [-0.4, -0.2) is 64.4 Å². The van der Waals surface area contributed by atoms with Crippen LogP contribution in [0.25, 0.3) is 10.8 Å². The Bertz CT molecular complexity index is 1190. The highest BCUT2D eigenvalue weighted by Crippen LogP contribution is 2.39. The van der Waals surface area contributed by atoms with Gasteiger partial charge in [-0.3, -0.25) is 9.79 Å². The fourth-order valence-electron chi connectivity index (χ4n) is 4.12. The first-order chi connectivity index (χ1) is 15.6. The number of amides is 1. The number of fused-ring (bicyclic) bond motifs is 1. The maximum atomic E-state index is 13.6. The number of ether oxygens (including phenoxy) is 1. The lowest BCUT2D eigenvalue weighted by Crippen LogP contribution is -2.66. The van der Waals surface area contributed by atoms with Gasteiger partial charge in [0.05, 0.1) is 17.9 Å². The normalized spacial score (nSPS) is 18.0. The van der Waals surface area contributed by atoms with E-state index < -0.39 is 33.9 Å². The third-order valence-electron chi connectivity index (χ3n) is 5.71. The maximum absolute atomic E-state index is 13.6. The lowest BCUT2D eigenvalue weighted by atomic mass is 9.86. The van der Waals surface area contributed by atoms with Crippen molar-refractivity contribution in [2.24, 2.45) is 22.4 Å². The number of hydrogen-bond acceptors (Lipinski definition) is 7. The molecule has 0 saturated carbocycles. The van der Waals surface area contributed by atoms with E-state index in [4.69, 9.17) is 16.2 Å². The number of nitrogens with zero attached hydrogens (tertiary/aromatic N) is 3. The van der Waals surface area contributed by atoms with Crippen LogP contribution >= 0.6 is 0 Å². The van der Waals surface area contributed by atoms with Crippen molar-refractivity contribution in [1.82, 2.24) is 4.31 Å². The molecule has 1 saturated heterocycles. The zero-order chi connectivity index (χ0) is 24.3. The third kappa shape index (κ3) is 4.58. The monoisotopic (exact) mass is 475 g/mol. The van der Waals surface area contributed by atoms with Gasteiger partial charge < -0.3 is 21.1 Å². The SMILES string of the molecule is COC(=O)[C@@H]1[C@@H](CCCCN=C(N)N)C(=O)N1S(=O)(=O)c1cccc2c(N(C)C)cccc12. The van der Waals surface area contributed by atoms with Crippen LogP contribution < -0.4 is 16.4 Å². The summed E-state index contributed by atoms with van der Waals surface area (Å²) < 4.78 is 32.7. The molecule has 1 aliphatic rings. The standard InChI is InChI=1S/C22H29N5O5S/c1-26(2)17-11-6-10-15-14(17)9-7-12-18(15)33(30,31)27-19(21(29)32-3)16(20(27)28)8-4-5-13-25-22(23)24/h6-7,9-12,16,19H,4-5,8,13H2,1-3H3,(H4,23,24,25)/t16-,19+/m1/s1. The highest BCUT2D eigenvalue weighted by Gasteiger charge is 2.57. The van der Waals surface area contributed by atoms with Crippen LogP contribution in [-0.2, 0) is 24.3 Å². The molecule has 1 heterocycles. The minimum atomic E-state index is -4.29. The Morgan fingerprint density at radius 3 is 2.42 bits per heavy atom. The number of rotatable bonds is 9. The smallest absolute Gasteiger partial charge is 0.330 e. The van der Waals surface area contributed by atoms with Gasteiger partial charge in [-0.05, 0) is 25.0 Å². The Morgan fingerprint density at radius 1 is 1.12 bits per heavy atom. The van der Waals surface area contributed by atoms with E-state index in [0.29, 0.717) is 35.5 Å². The van der Waals surface area contributed by atoms with Crippen LogP contribution in [0.3, 0.4) is 0 Å². The number of benzene rings is 2. The van der Waals surface area contributed by atoms with Crippen LogP contribution in [0, 0.1) is 5.92 Å². The van der Waals surface area contributed by atoms with Gasteiger partial charge in [0.25, 0.3) is 10.0 Å². The molecule has 0 spiro atoms. The van der Waals surface area contributed by atoms with Crippen molar-refractivity contribution in [2.75, 3.05) is 32.6 Å². The molecular formula is C22H29N5O5S. The first-order valence-corrected chi connectivity index (χ1v) is 12.0. The van der Waals surface area contributed by atoms with Gasteiger partial charge in [-0.25, -0.2) is 17.5 Å². The van der Waals surface area contributed by atoms with Crippen molar-refractivity contribution in [1.29, 1.82) is 0 Å². The minimum Gasteiger partial charge on any atom is -0.467 e. The van der Waals surface area contributed by atoms with E-state index in [2.05, 4.69) is 4.99 Å². The Labute approximate surface area is 193 Å². The van der Waals surface area contributed by atoms with Crippen molar-refractivity contribution in [3.05, 3.63) is 36.4 Å². The molecule has 2 atom stereocenters. The van der Waals surface area contributed by atoms with Gasteiger partial charge in [0, 0.05) is 37.1 Å². The Morgan fingerprint density at radius 2 is 1.79 bits per heavy atom. The molecule has 1 aliphatic heterocycles. The summed E-state index contributed by atoms with van der Waals surface area (Å²) in [5.74, 6) is -2.18. The third-order valence-corrected chi connectivity index (χ3v) is 7.54. The molecule has 11 heteroatoms. The molecule has 0 aromatic heterocycles. The molecule has 4 N–H and O–H groups in total. The molecule has 0 unspecified atom stereocenters. The summed E-state index contributed by atoms with van der Waals surface area (Å²) in [5, 5.41) is 1.20. The van der Waals surface area contributed by atoms with E-state index in [1.165, 1.54) is 13.2 Å². The largest absolute Gasteiger partial charge is 0.467 e. The number of anilines is 1. The van der Waals surface area contributed by atoms with E-state index in [-0.39, 0.29) is 10.9 Å². The van der Waals surface area contributed by atoms with Crippen molar-refractivity contribution < 1.29 is 22.7 Å². The van der Waals surface area contributed by atoms with Gasteiger partial charge in [0.1, 0.15) is 0 Å². The average molecular weight is 476 g/mol. The molecule has 0 bridgehead atoms. The summed E-state index contributed by atoms with van der Waals surface area (Å²) in [6.45, 7) is 0.387. The Balaban J connectivity index is 1.93. The number of β-lactam (4-membered cyclic amide) rings is 1. The van der Waals surface area contributed by atoms with Gasteiger partial charge in [-0.2, -0.15) is 0 Å². The van der Waals surface area contributed by atoms with Gasteiger partial charge in [0.15, 0.2) is 12.0 Å². The summed E-state index contributed by atoms with van der Waals surface area (Å²) in [6.07, 6.45) is 1.47. The number of esters is 1. The summed E-state index contributed by atoms with van der Waals surface area (Å²) in [4.78, 5) is 31.2. The molecule has 10 nitrogen and oxygen atoms in total. The van der Waals surface area contributed by atoms with E-state index in [1.807, 2.05) is 31.1 Å². The number of aliphatic imine (C=N–C) groups is 1. The second kappa shape index (κ2) is 9.65. The molecule has 2 aromatic carbocycles. The van der Waals surface area contributed by atoms with Crippen LogP contribution in [0.2, 0.25) is 0 Å². The number of carbonyl (C=O) groups excluding carboxylic acids is 2. The maximum Gasteiger partial charge on any atom is 0.330 e. The fourth-order valence-corrected chi connectivity index (χ4v) is 5.94. The first-order valence-electron chi connectivity index (χ1n) is 10.5. The fraction of sp³-hybridized carbons (Fsp3) is 0.409. The van der Waals surface area contributed by atoms with E-state index in [9.17, 15) is 18.0 Å². The van der Waals surface area contributed by atoms with Crippen LogP contribution in [0.5, 0.6) is 0 Å². The number of carbonyl (C=O) groups is 2. The van der Waals surface area contributed by atoms with Gasteiger partial charge in [-0.15, -0.1) is 0 Å². The number of methoxy groups -OCH3 is 1. The van der Waals surface area contributed by atoms with Crippen molar-refractivity contribution in [3.63, 3.8) is 0 Å². The molecule has 178 valence electrons. The average Bonchev–Trinajstić information content (AvgIpc) is 2.77. The number of nitrogens with two attached hydrogens (primary N) is 2. The van der Waals surface area contributed by atoms with Gasteiger partial charge >= 0.3 is 5.97 Å². The molecule has 0 radical (unpaired) electrons. The van der Waals surface area contributed by atoms with Gasteiger partial charge in [-0.1, -0.05) is 30.7 Å². The first kappa shape index (κ1) is 24.3. The summed E-state index contributed by atoms with van der Waals surface area (Å²) >= 11 is 0. The Hall–Kier alpha value is -3.34. The topological polar surface area (TPSA) is 148 Å². The van der Waals surface area contributed by atoms with Crippen LogP contribution in [0.1, 0.15) is 19.3 Å². The lowest BCUT2D eigenvalue weighted by Gasteiger charge is -2.44. The van der Waals surface area contributed by atoms with Crippen molar-refractivity contribution >= 4 is 44.3 Å². The zero-order valence-electron chi connectivity index (χ0n) is 18.9.